The number of carbonyl (C=O) groups is 2. The number of likely N-dealkylation sites (N-methyl/N-ethyl adjacent to an activating group) is 1. The predicted molar refractivity (Wildman–Crippen MR) is 160 cm³/mol. The minimum absolute atomic E-state index is 0.0693. The van der Waals surface area contributed by atoms with Gasteiger partial charge in [-0.15, -0.1) is 0 Å². The lowest BCUT2D eigenvalue weighted by Gasteiger charge is -2.43. The van der Waals surface area contributed by atoms with Crippen molar-refractivity contribution in [3.8, 4) is 5.75 Å². The van der Waals surface area contributed by atoms with Crippen LogP contribution in [0.1, 0.15) is 81.5 Å². The molecule has 10 heteroatoms. The fraction of sp³-hybridized carbons (Fsp3) is 0.613. The molecule has 3 fully saturated rings. The second-order valence-corrected chi connectivity index (χ2v) is 12.1. The summed E-state index contributed by atoms with van der Waals surface area (Å²) in [5, 5.41) is 6.60. The molecule has 1 aromatic carbocycles. The average molecular weight is 562 g/mol. The first-order valence-electron chi connectivity index (χ1n) is 15.4. The topological polar surface area (TPSA) is 103 Å². The number of amides is 2. The smallest absolute Gasteiger partial charge is 0.251 e. The summed E-state index contributed by atoms with van der Waals surface area (Å²) in [6, 6.07) is 5.84. The number of nitrogens with one attached hydrogen (secondary N) is 2. The summed E-state index contributed by atoms with van der Waals surface area (Å²) < 4.78 is 6.36. The second-order valence-electron chi connectivity index (χ2n) is 12.1. The third kappa shape index (κ3) is 5.71. The number of piperidine rings is 1. The number of fused-ring (bicyclic) bond motifs is 1. The zero-order valence-corrected chi connectivity index (χ0v) is 24.6. The highest BCUT2D eigenvalue weighted by Gasteiger charge is 2.41. The number of hydrogen-bond acceptors (Lipinski definition) is 8. The summed E-state index contributed by atoms with van der Waals surface area (Å²) in [7, 11) is 3.93. The molecule has 1 aromatic heterocycles. The summed E-state index contributed by atoms with van der Waals surface area (Å²) in [4.78, 5) is 42.2. The van der Waals surface area contributed by atoms with E-state index in [1.165, 1.54) is 12.8 Å². The molecule has 3 heterocycles. The van der Waals surface area contributed by atoms with Crippen LogP contribution in [0.3, 0.4) is 0 Å². The number of hydrogen-bond donors (Lipinski definition) is 2. The van der Waals surface area contributed by atoms with Crippen LogP contribution in [0.25, 0.3) is 0 Å². The van der Waals surface area contributed by atoms with E-state index in [-0.39, 0.29) is 30.0 Å². The lowest BCUT2D eigenvalue weighted by atomic mass is 9.96. The molecule has 6 rings (SSSR count). The number of ether oxygens (including phenoxy) is 1. The van der Waals surface area contributed by atoms with Crippen molar-refractivity contribution in [1.82, 2.24) is 20.2 Å². The maximum Gasteiger partial charge on any atom is 0.251 e. The molecule has 1 atom stereocenters. The van der Waals surface area contributed by atoms with E-state index >= 15 is 0 Å². The largest absolute Gasteiger partial charge is 0.488 e. The van der Waals surface area contributed by atoms with E-state index in [1.54, 1.807) is 11.1 Å². The fourth-order valence-corrected chi connectivity index (χ4v) is 6.52. The lowest BCUT2D eigenvalue weighted by Crippen LogP contribution is -2.55. The Labute approximate surface area is 242 Å². The molecule has 2 aromatic rings. The molecule has 1 saturated heterocycles. The third-order valence-corrected chi connectivity index (χ3v) is 9.30. The van der Waals surface area contributed by atoms with E-state index in [2.05, 4.69) is 39.4 Å². The van der Waals surface area contributed by atoms with Crippen LogP contribution in [0.15, 0.2) is 24.4 Å². The zero-order valence-electron chi connectivity index (χ0n) is 24.6. The number of aromatic nitrogens is 2. The minimum atomic E-state index is -0.224. The van der Waals surface area contributed by atoms with E-state index in [0.29, 0.717) is 23.3 Å². The van der Waals surface area contributed by atoms with Gasteiger partial charge in [-0.2, -0.15) is 4.98 Å². The Hall–Kier alpha value is -3.40. The van der Waals surface area contributed by atoms with Crippen molar-refractivity contribution in [1.29, 1.82) is 0 Å². The van der Waals surface area contributed by atoms with Gasteiger partial charge in [-0.25, -0.2) is 4.98 Å². The molecule has 0 radical (unpaired) electrons. The Bertz CT molecular complexity index is 1270. The molecule has 10 nitrogen and oxygen atoms in total. The monoisotopic (exact) mass is 561 g/mol. The normalized spacial score (nSPS) is 22.4. The number of likely N-dealkylation sites (tertiary alicyclic amines) is 1. The molecule has 0 spiro atoms. The highest BCUT2D eigenvalue weighted by atomic mass is 16.5. The molecule has 2 saturated carbocycles. The van der Waals surface area contributed by atoms with Crippen LogP contribution in [0.2, 0.25) is 0 Å². The highest BCUT2D eigenvalue weighted by molar-refractivity contribution is 6.04. The van der Waals surface area contributed by atoms with Gasteiger partial charge in [0, 0.05) is 24.7 Å². The summed E-state index contributed by atoms with van der Waals surface area (Å²) in [6.45, 7) is 4.05. The standard InChI is InChI=1S/C31H43N7O3/c1-4-25-30(40)37(3)26-19-32-31(35-28(26)38(25)22-8-5-6-9-22)34-24-13-12-20(18-27(24)41-23-10-7-11-23)29(39)33-21-14-16-36(2)17-15-21/h12-13,18-19,21-23,25H,4-11,14-17H2,1-3H3,(H,33,39)(H,32,34,35)/t25-/m1/s1. The van der Waals surface area contributed by atoms with E-state index < -0.39 is 0 Å². The molecule has 2 N–H and O–H groups in total. The highest BCUT2D eigenvalue weighted by Crippen LogP contribution is 2.40. The Kier molecular flexibility index (Phi) is 8.01. The van der Waals surface area contributed by atoms with Crippen LogP contribution in [-0.4, -0.2) is 78.1 Å². The van der Waals surface area contributed by atoms with Gasteiger partial charge in [0.2, 0.25) is 11.9 Å². The number of nitrogens with zero attached hydrogens (tertiary/aromatic N) is 5. The predicted octanol–water partition coefficient (Wildman–Crippen LogP) is 4.48. The van der Waals surface area contributed by atoms with Crippen LogP contribution in [-0.2, 0) is 4.79 Å². The van der Waals surface area contributed by atoms with Gasteiger partial charge in [0.1, 0.15) is 17.5 Å². The molecular weight excluding hydrogens is 518 g/mol. The molecule has 2 aliphatic heterocycles. The van der Waals surface area contributed by atoms with Gasteiger partial charge in [-0.05, 0) is 89.7 Å². The zero-order chi connectivity index (χ0) is 28.5. The molecule has 2 aliphatic carbocycles. The van der Waals surface area contributed by atoms with Gasteiger partial charge in [0.25, 0.3) is 5.91 Å². The van der Waals surface area contributed by atoms with Crippen LogP contribution in [0.5, 0.6) is 5.75 Å². The summed E-state index contributed by atoms with van der Waals surface area (Å²) in [6.07, 6.45) is 12.2. The summed E-state index contributed by atoms with van der Waals surface area (Å²) in [5.41, 5.74) is 2.06. The van der Waals surface area contributed by atoms with Crippen molar-refractivity contribution in [3.05, 3.63) is 30.0 Å². The quantitative estimate of drug-likeness (QED) is 0.487. The van der Waals surface area contributed by atoms with E-state index in [9.17, 15) is 9.59 Å². The van der Waals surface area contributed by atoms with E-state index in [4.69, 9.17) is 9.72 Å². The number of benzene rings is 1. The number of carbonyl (C=O) groups excluding carboxylic acids is 2. The molecular formula is C31H43N7O3. The van der Waals surface area contributed by atoms with Crippen molar-refractivity contribution >= 4 is 35.0 Å². The van der Waals surface area contributed by atoms with Crippen LogP contribution >= 0.6 is 0 Å². The van der Waals surface area contributed by atoms with Gasteiger partial charge < -0.3 is 30.1 Å². The van der Waals surface area contributed by atoms with Crippen molar-refractivity contribution in [2.75, 3.05) is 42.3 Å². The Morgan fingerprint density at radius 1 is 1.05 bits per heavy atom. The Morgan fingerprint density at radius 2 is 1.80 bits per heavy atom. The van der Waals surface area contributed by atoms with Crippen molar-refractivity contribution in [2.24, 2.45) is 0 Å². The summed E-state index contributed by atoms with van der Waals surface area (Å²) >= 11 is 0. The van der Waals surface area contributed by atoms with Gasteiger partial charge >= 0.3 is 0 Å². The SMILES string of the molecule is CC[C@@H]1C(=O)N(C)c2cnc(Nc3ccc(C(=O)NC4CCN(C)CC4)cc3OC3CCC3)nc2N1C1CCCC1. The van der Waals surface area contributed by atoms with Crippen LogP contribution in [0.4, 0.5) is 23.1 Å². The van der Waals surface area contributed by atoms with Crippen molar-refractivity contribution in [2.45, 2.75) is 95.4 Å². The molecule has 0 bridgehead atoms. The first kappa shape index (κ1) is 27.8. The number of rotatable bonds is 8. The Balaban J connectivity index is 1.27. The third-order valence-electron chi connectivity index (χ3n) is 9.30. The van der Waals surface area contributed by atoms with Crippen molar-refractivity contribution in [3.63, 3.8) is 0 Å². The van der Waals surface area contributed by atoms with Gasteiger partial charge in [-0.3, -0.25) is 9.59 Å². The summed E-state index contributed by atoms with van der Waals surface area (Å²) in [5.74, 6) is 1.92. The molecule has 0 unspecified atom stereocenters. The maximum atomic E-state index is 13.2. The van der Waals surface area contributed by atoms with E-state index in [1.807, 2.05) is 25.2 Å². The van der Waals surface area contributed by atoms with Crippen molar-refractivity contribution < 1.29 is 14.3 Å². The minimum Gasteiger partial charge on any atom is -0.488 e. The first-order valence-corrected chi connectivity index (χ1v) is 15.4. The van der Waals surface area contributed by atoms with Crippen LogP contribution in [0, 0.1) is 0 Å². The maximum absolute atomic E-state index is 13.2. The second kappa shape index (κ2) is 11.8. The number of anilines is 4. The fourth-order valence-electron chi connectivity index (χ4n) is 6.52. The molecule has 4 aliphatic rings. The lowest BCUT2D eigenvalue weighted by molar-refractivity contribution is -0.120. The molecule has 2 amide bonds. The van der Waals surface area contributed by atoms with E-state index in [0.717, 1.165) is 81.6 Å². The average Bonchev–Trinajstić information content (AvgIpc) is 3.49. The van der Waals surface area contributed by atoms with Crippen LogP contribution < -0.4 is 25.2 Å². The van der Waals surface area contributed by atoms with Gasteiger partial charge in [0.05, 0.1) is 18.0 Å². The first-order chi connectivity index (χ1) is 19.9. The molecule has 220 valence electrons. The van der Waals surface area contributed by atoms with Gasteiger partial charge in [-0.1, -0.05) is 19.8 Å². The van der Waals surface area contributed by atoms with Gasteiger partial charge in [0.15, 0.2) is 5.82 Å². The molecule has 41 heavy (non-hydrogen) atoms. The Morgan fingerprint density at radius 3 is 2.49 bits per heavy atom.